The molecule has 2 rings (SSSR count). The van der Waals surface area contributed by atoms with Crippen LogP contribution < -0.4 is 5.32 Å². The zero-order valence-electron chi connectivity index (χ0n) is 15.2. The fourth-order valence-corrected chi connectivity index (χ4v) is 4.68. The summed E-state index contributed by atoms with van der Waals surface area (Å²) in [5.41, 5.74) is 0. The highest BCUT2D eigenvalue weighted by atomic mass is 32.2. The van der Waals surface area contributed by atoms with Gasteiger partial charge in [-0.2, -0.15) is 17.0 Å². The lowest BCUT2D eigenvalue weighted by Crippen LogP contribution is -2.49. The minimum Gasteiger partial charge on any atom is -0.356 e. The van der Waals surface area contributed by atoms with E-state index in [1.165, 1.54) is 35.5 Å². The highest BCUT2D eigenvalue weighted by molar-refractivity contribution is 7.86. The lowest BCUT2D eigenvalue weighted by Gasteiger charge is -2.33. The fourth-order valence-electron chi connectivity index (χ4n) is 3.49. The van der Waals surface area contributed by atoms with Gasteiger partial charge in [0.05, 0.1) is 5.92 Å². The number of carbonyl (C=O) groups excluding carboxylic acids is 1. The van der Waals surface area contributed by atoms with Crippen LogP contribution in [0.5, 0.6) is 0 Å². The van der Waals surface area contributed by atoms with E-state index < -0.39 is 10.2 Å². The van der Waals surface area contributed by atoms with Crippen LogP contribution in [0.3, 0.4) is 0 Å². The first-order chi connectivity index (χ1) is 11.3. The Morgan fingerprint density at radius 2 is 1.83 bits per heavy atom. The first-order valence-electron chi connectivity index (χ1n) is 8.94. The van der Waals surface area contributed by atoms with Gasteiger partial charge in [-0.25, -0.2) is 0 Å². The molecule has 2 aliphatic rings. The van der Waals surface area contributed by atoms with E-state index in [-0.39, 0.29) is 11.8 Å². The van der Waals surface area contributed by atoms with E-state index in [0.717, 1.165) is 32.4 Å². The zero-order valence-corrected chi connectivity index (χ0v) is 16.0. The molecule has 0 radical (unpaired) electrons. The molecular formula is C16H32N4O3S. The Balaban J connectivity index is 1.76. The molecule has 7 nitrogen and oxygen atoms in total. The largest absolute Gasteiger partial charge is 0.356 e. The van der Waals surface area contributed by atoms with Gasteiger partial charge in [0.2, 0.25) is 5.91 Å². The van der Waals surface area contributed by atoms with Gasteiger partial charge in [0.1, 0.15) is 0 Å². The molecule has 8 heteroatoms. The minimum absolute atomic E-state index is 0.00147. The number of likely N-dealkylation sites (tertiary alicyclic amines) is 1. The number of piperidine rings is 2. The topological polar surface area (TPSA) is 73.0 Å². The highest BCUT2D eigenvalue weighted by Crippen LogP contribution is 2.21. The Bertz CT molecular complexity index is 515. The van der Waals surface area contributed by atoms with Crippen molar-refractivity contribution < 1.29 is 13.2 Å². The summed E-state index contributed by atoms with van der Waals surface area (Å²) in [6.07, 6.45) is 4.92. The van der Waals surface area contributed by atoms with E-state index in [9.17, 15) is 13.2 Å². The molecule has 0 saturated carbocycles. The van der Waals surface area contributed by atoms with Crippen molar-refractivity contribution in [3.05, 3.63) is 0 Å². The Labute approximate surface area is 146 Å². The fraction of sp³-hybridized carbons (Fsp3) is 0.938. The van der Waals surface area contributed by atoms with Crippen LogP contribution in [-0.2, 0) is 15.0 Å². The number of amides is 1. The Morgan fingerprint density at radius 3 is 2.46 bits per heavy atom. The van der Waals surface area contributed by atoms with Gasteiger partial charge in [0, 0.05) is 33.7 Å². The summed E-state index contributed by atoms with van der Waals surface area (Å²) in [5.74, 6) is 0.464. The van der Waals surface area contributed by atoms with Crippen LogP contribution in [0.2, 0.25) is 0 Å². The van der Waals surface area contributed by atoms with Crippen LogP contribution in [0.25, 0.3) is 0 Å². The van der Waals surface area contributed by atoms with Gasteiger partial charge in [0.15, 0.2) is 0 Å². The molecule has 0 aliphatic carbocycles. The second kappa shape index (κ2) is 8.60. The van der Waals surface area contributed by atoms with Gasteiger partial charge < -0.3 is 10.2 Å². The lowest BCUT2D eigenvalue weighted by atomic mass is 9.93. The Morgan fingerprint density at radius 1 is 1.17 bits per heavy atom. The van der Waals surface area contributed by atoms with Crippen molar-refractivity contribution >= 4 is 16.1 Å². The quantitative estimate of drug-likeness (QED) is 0.742. The molecule has 1 amide bonds. The third kappa shape index (κ3) is 5.15. The SMILES string of the molecule is CN1CCC(CCNC(=O)[C@@H]2CCCN(S(=O)(=O)N(C)C)C2)CC1. The summed E-state index contributed by atoms with van der Waals surface area (Å²) in [4.78, 5) is 14.7. The maximum atomic E-state index is 12.4. The van der Waals surface area contributed by atoms with E-state index in [4.69, 9.17) is 0 Å². The third-order valence-electron chi connectivity index (χ3n) is 5.23. The summed E-state index contributed by atoms with van der Waals surface area (Å²) in [5, 5.41) is 3.02. The number of nitrogens with zero attached hydrogens (tertiary/aromatic N) is 3. The van der Waals surface area contributed by atoms with Gasteiger partial charge in [-0.3, -0.25) is 4.79 Å². The molecule has 0 aromatic carbocycles. The van der Waals surface area contributed by atoms with Crippen LogP contribution in [0.15, 0.2) is 0 Å². The van der Waals surface area contributed by atoms with Gasteiger partial charge in [-0.1, -0.05) is 0 Å². The molecule has 0 aromatic rings. The number of carbonyl (C=O) groups is 1. The van der Waals surface area contributed by atoms with E-state index in [1.54, 1.807) is 0 Å². The number of nitrogens with one attached hydrogen (secondary N) is 1. The summed E-state index contributed by atoms with van der Waals surface area (Å²) in [6.45, 7) is 3.77. The van der Waals surface area contributed by atoms with Gasteiger partial charge in [0.25, 0.3) is 10.2 Å². The Kier molecular flexibility index (Phi) is 7.03. The molecule has 0 spiro atoms. The predicted octanol–water partition coefficient (Wildman–Crippen LogP) is 0.353. The second-order valence-corrected chi connectivity index (χ2v) is 9.46. The van der Waals surface area contributed by atoms with Crippen molar-refractivity contribution in [3.63, 3.8) is 0 Å². The normalized spacial score (nSPS) is 25.1. The van der Waals surface area contributed by atoms with Crippen LogP contribution >= 0.6 is 0 Å². The van der Waals surface area contributed by atoms with E-state index in [0.29, 0.717) is 25.6 Å². The maximum Gasteiger partial charge on any atom is 0.281 e. The monoisotopic (exact) mass is 360 g/mol. The molecular weight excluding hydrogens is 328 g/mol. The van der Waals surface area contributed by atoms with E-state index in [2.05, 4.69) is 17.3 Å². The summed E-state index contributed by atoms with van der Waals surface area (Å²) >= 11 is 0. The van der Waals surface area contributed by atoms with Crippen LogP contribution in [0.1, 0.15) is 32.1 Å². The van der Waals surface area contributed by atoms with Crippen LogP contribution in [-0.4, -0.2) is 81.7 Å². The summed E-state index contributed by atoms with van der Waals surface area (Å²) in [6, 6.07) is 0. The van der Waals surface area contributed by atoms with Crippen LogP contribution in [0.4, 0.5) is 0 Å². The van der Waals surface area contributed by atoms with Gasteiger partial charge in [-0.15, -0.1) is 0 Å². The lowest BCUT2D eigenvalue weighted by molar-refractivity contribution is -0.126. The molecule has 2 saturated heterocycles. The standard InChI is InChI=1S/C16H32N4O3S/c1-18(2)24(22,23)20-10-4-5-15(13-20)16(21)17-9-6-14-7-11-19(3)12-8-14/h14-15H,4-13H2,1-3H3,(H,17,21)/t15-/m1/s1. The van der Waals surface area contributed by atoms with Gasteiger partial charge >= 0.3 is 0 Å². The van der Waals surface area contributed by atoms with Crippen LogP contribution in [0, 0.1) is 11.8 Å². The number of hydrogen-bond acceptors (Lipinski definition) is 4. The Hall–Kier alpha value is -0.700. The van der Waals surface area contributed by atoms with Crippen molar-refractivity contribution in [1.82, 2.24) is 18.8 Å². The van der Waals surface area contributed by atoms with Gasteiger partial charge in [-0.05, 0) is 58.2 Å². The third-order valence-corrected chi connectivity index (χ3v) is 7.14. The minimum atomic E-state index is -3.43. The average molecular weight is 361 g/mol. The van der Waals surface area contributed by atoms with Crippen molar-refractivity contribution in [2.45, 2.75) is 32.1 Å². The smallest absolute Gasteiger partial charge is 0.281 e. The first-order valence-corrected chi connectivity index (χ1v) is 10.3. The molecule has 2 heterocycles. The van der Waals surface area contributed by atoms with Crippen molar-refractivity contribution in [2.24, 2.45) is 11.8 Å². The first kappa shape index (κ1) is 19.6. The highest BCUT2D eigenvalue weighted by Gasteiger charge is 2.33. The van der Waals surface area contributed by atoms with E-state index in [1.807, 2.05) is 0 Å². The molecule has 0 unspecified atom stereocenters. The zero-order chi connectivity index (χ0) is 17.7. The average Bonchev–Trinajstić information content (AvgIpc) is 2.56. The van der Waals surface area contributed by atoms with Crippen molar-refractivity contribution in [3.8, 4) is 0 Å². The number of rotatable bonds is 6. The van der Waals surface area contributed by atoms with E-state index >= 15 is 0 Å². The maximum absolute atomic E-state index is 12.4. The predicted molar refractivity (Wildman–Crippen MR) is 94.8 cm³/mol. The molecule has 2 fully saturated rings. The number of hydrogen-bond donors (Lipinski definition) is 1. The summed E-state index contributed by atoms with van der Waals surface area (Å²) in [7, 11) is 1.78. The molecule has 0 bridgehead atoms. The molecule has 2 aliphatic heterocycles. The summed E-state index contributed by atoms with van der Waals surface area (Å²) < 4.78 is 27.1. The molecule has 140 valence electrons. The molecule has 0 aromatic heterocycles. The molecule has 24 heavy (non-hydrogen) atoms. The molecule has 1 atom stereocenters. The molecule has 1 N–H and O–H groups in total. The van der Waals surface area contributed by atoms with Crippen molar-refractivity contribution in [2.75, 3.05) is 53.9 Å². The second-order valence-electron chi connectivity index (χ2n) is 7.31. The van der Waals surface area contributed by atoms with Crippen molar-refractivity contribution in [1.29, 1.82) is 0 Å².